The van der Waals surface area contributed by atoms with Crippen molar-refractivity contribution in [1.29, 1.82) is 0 Å². The van der Waals surface area contributed by atoms with Gasteiger partial charge in [0.2, 0.25) is 0 Å². The number of rotatable bonds is 3. The normalized spacial score (nSPS) is 18.1. The fraction of sp³-hybridized carbons (Fsp3) is 0.385. The second kappa shape index (κ2) is 5.79. The monoisotopic (exact) mass is 279 g/mol. The zero-order chi connectivity index (χ0) is 14.7. The van der Waals surface area contributed by atoms with Gasteiger partial charge in [-0.3, -0.25) is 0 Å². The number of anilines is 1. The summed E-state index contributed by atoms with van der Waals surface area (Å²) in [6.07, 6.45) is 0.852. The van der Waals surface area contributed by atoms with E-state index in [4.69, 9.17) is 10.8 Å². The molecule has 108 valence electrons. The Morgan fingerprint density at radius 2 is 2.20 bits per heavy atom. The van der Waals surface area contributed by atoms with E-state index in [1.165, 1.54) is 18.2 Å². The molecule has 5 N–H and O–H groups in total. The number of aromatic carboxylic acids is 1. The van der Waals surface area contributed by atoms with Crippen molar-refractivity contribution in [1.82, 2.24) is 4.90 Å². The Hall–Kier alpha value is -2.28. The molecule has 0 radical (unpaired) electrons. The first-order valence-corrected chi connectivity index (χ1v) is 6.34. The number of nitrogens with one attached hydrogen (secondary N) is 1. The maximum Gasteiger partial charge on any atom is 0.339 e. The summed E-state index contributed by atoms with van der Waals surface area (Å²) in [5, 5.41) is 21.2. The summed E-state index contributed by atoms with van der Waals surface area (Å²) in [5.41, 5.74) is 5.41. The molecule has 1 fully saturated rings. The Morgan fingerprint density at radius 3 is 2.80 bits per heavy atom. The lowest BCUT2D eigenvalue weighted by molar-refractivity contribution is 0.0693. The van der Waals surface area contributed by atoms with E-state index in [0.29, 0.717) is 25.6 Å². The molecular weight excluding hydrogens is 262 g/mol. The number of likely N-dealkylation sites (tertiary alicyclic amines) is 1. The van der Waals surface area contributed by atoms with E-state index < -0.39 is 11.7 Å². The summed E-state index contributed by atoms with van der Waals surface area (Å²) >= 11 is 0. The minimum absolute atomic E-state index is 0.0890. The molecule has 1 unspecified atom stereocenters. The van der Waals surface area contributed by atoms with E-state index in [2.05, 4.69) is 5.32 Å². The van der Waals surface area contributed by atoms with Gasteiger partial charge in [0, 0.05) is 13.1 Å². The van der Waals surface area contributed by atoms with Crippen LogP contribution in [0.15, 0.2) is 18.2 Å². The van der Waals surface area contributed by atoms with E-state index >= 15 is 0 Å². The zero-order valence-corrected chi connectivity index (χ0v) is 10.9. The van der Waals surface area contributed by atoms with Crippen LogP contribution in [0.25, 0.3) is 0 Å². The molecule has 7 heteroatoms. The number of para-hydroxylation sites is 1. The summed E-state index contributed by atoms with van der Waals surface area (Å²) in [6.45, 7) is 1.71. The summed E-state index contributed by atoms with van der Waals surface area (Å²) in [6, 6.07) is 3.83. The fourth-order valence-corrected chi connectivity index (χ4v) is 2.22. The maximum atomic E-state index is 12.0. The maximum absolute atomic E-state index is 12.0. The molecule has 20 heavy (non-hydrogen) atoms. The van der Waals surface area contributed by atoms with Gasteiger partial charge in [-0.2, -0.15) is 0 Å². The smallest absolute Gasteiger partial charge is 0.339 e. The molecule has 1 atom stereocenters. The zero-order valence-electron chi connectivity index (χ0n) is 10.9. The molecule has 7 nitrogen and oxygen atoms in total. The summed E-state index contributed by atoms with van der Waals surface area (Å²) in [4.78, 5) is 24.5. The molecule has 0 bridgehead atoms. The lowest BCUT2D eigenvalue weighted by Gasteiger charge is -2.18. The van der Waals surface area contributed by atoms with Crippen LogP contribution in [0.5, 0.6) is 5.75 Å². The van der Waals surface area contributed by atoms with Gasteiger partial charge in [0.25, 0.3) is 0 Å². The van der Waals surface area contributed by atoms with Crippen molar-refractivity contribution in [3.63, 3.8) is 0 Å². The average molecular weight is 279 g/mol. The topological polar surface area (TPSA) is 116 Å². The number of urea groups is 1. The number of benzene rings is 1. The van der Waals surface area contributed by atoms with Gasteiger partial charge < -0.3 is 26.2 Å². The van der Waals surface area contributed by atoms with E-state index in [0.717, 1.165) is 6.42 Å². The molecule has 1 aliphatic rings. The van der Waals surface area contributed by atoms with Gasteiger partial charge in [-0.25, -0.2) is 9.59 Å². The van der Waals surface area contributed by atoms with Crippen LogP contribution in [0.3, 0.4) is 0 Å². The number of carbonyl (C=O) groups is 2. The van der Waals surface area contributed by atoms with Crippen molar-refractivity contribution in [3.8, 4) is 5.75 Å². The highest BCUT2D eigenvalue weighted by Crippen LogP contribution is 2.28. The van der Waals surface area contributed by atoms with Crippen LogP contribution in [0.4, 0.5) is 10.5 Å². The van der Waals surface area contributed by atoms with Crippen LogP contribution < -0.4 is 11.1 Å². The van der Waals surface area contributed by atoms with Crippen LogP contribution in [-0.4, -0.2) is 46.7 Å². The summed E-state index contributed by atoms with van der Waals surface area (Å²) in [7, 11) is 0. The van der Waals surface area contributed by atoms with Crippen LogP contribution in [0.1, 0.15) is 16.8 Å². The standard InChI is InChI=1S/C13H17N3O4/c14-6-8-4-5-16(7-8)13(20)15-10-3-1-2-9(11(10)17)12(18)19/h1-3,8,17H,4-7,14H2,(H,15,20)(H,18,19). The number of hydrogen-bond donors (Lipinski definition) is 4. The van der Waals surface area contributed by atoms with Crippen molar-refractivity contribution in [2.45, 2.75) is 6.42 Å². The molecule has 0 aromatic heterocycles. The lowest BCUT2D eigenvalue weighted by Crippen LogP contribution is -2.33. The van der Waals surface area contributed by atoms with E-state index in [1.807, 2.05) is 0 Å². The Bertz CT molecular complexity index is 532. The minimum Gasteiger partial charge on any atom is -0.505 e. The predicted molar refractivity (Wildman–Crippen MR) is 72.8 cm³/mol. The molecule has 1 aliphatic heterocycles. The SMILES string of the molecule is NCC1CCN(C(=O)Nc2cccc(C(=O)O)c2O)C1. The van der Waals surface area contributed by atoms with Gasteiger partial charge in [-0.15, -0.1) is 0 Å². The fourth-order valence-electron chi connectivity index (χ4n) is 2.22. The van der Waals surface area contributed by atoms with Crippen molar-refractivity contribution in [3.05, 3.63) is 23.8 Å². The molecular formula is C13H17N3O4. The molecule has 2 amide bonds. The molecule has 1 saturated heterocycles. The highest BCUT2D eigenvalue weighted by atomic mass is 16.4. The number of phenols is 1. The predicted octanol–water partition coefficient (Wildman–Crippen LogP) is 0.903. The Labute approximate surface area is 116 Å². The van der Waals surface area contributed by atoms with Crippen molar-refractivity contribution in [2.75, 3.05) is 25.0 Å². The number of hydrogen-bond acceptors (Lipinski definition) is 4. The number of carboxylic acids is 1. The molecule has 1 aromatic rings. The minimum atomic E-state index is -1.25. The molecule has 2 rings (SSSR count). The van der Waals surface area contributed by atoms with Gasteiger partial charge in [0.15, 0.2) is 5.75 Å². The number of aromatic hydroxyl groups is 1. The van der Waals surface area contributed by atoms with Gasteiger partial charge in [0.1, 0.15) is 5.56 Å². The quantitative estimate of drug-likeness (QED) is 0.613. The van der Waals surface area contributed by atoms with Crippen LogP contribution in [0, 0.1) is 5.92 Å². The van der Waals surface area contributed by atoms with Gasteiger partial charge in [-0.05, 0) is 31.0 Å². The number of nitrogens with two attached hydrogens (primary N) is 1. The second-order valence-electron chi connectivity index (χ2n) is 4.77. The molecule has 1 aromatic carbocycles. The first kappa shape index (κ1) is 14.1. The van der Waals surface area contributed by atoms with Crippen molar-refractivity contribution in [2.24, 2.45) is 11.7 Å². The Morgan fingerprint density at radius 1 is 1.45 bits per heavy atom. The van der Waals surface area contributed by atoms with E-state index in [-0.39, 0.29) is 17.3 Å². The molecule has 0 aliphatic carbocycles. The summed E-state index contributed by atoms with van der Waals surface area (Å²) in [5.74, 6) is -1.40. The van der Waals surface area contributed by atoms with Crippen molar-refractivity contribution < 1.29 is 19.8 Å². The first-order chi connectivity index (χ1) is 9.52. The van der Waals surface area contributed by atoms with Crippen LogP contribution in [0.2, 0.25) is 0 Å². The number of amides is 2. The molecule has 0 saturated carbocycles. The number of carbonyl (C=O) groups excluding carboxylic acids is 1. The lowest BCUT2D eigenvalue weighted by atomic mass is 10.1. The van der Waals surface area contributed by atoms with Gasteiger partial charge in [0.05, 0.1) is 5.69 Å². The highest BCUT2D eigenvalue weighted by Gasteiger charge is 2.26. The van der Waals surface area contributed by atoms with Crippen molar-refractivity contribution >= 4 is 17.7 Å². The first-order valence-electron chi connectivity index (χ1n) is 6.34. The highest BCUT2D eigenvalue weighted by molar-refractivity contribution is 5.97. The summed E-state index contributed by atoms with van der Waals surface area (Å²) < 4.78 is 0. The van der Waals surface area contributed by atoms with Crippen LogP contribution in [-0.2, 0) is 0 Å². The number of nitrogens with zero attached hydrogens (tertiary/aromatic N) is 1. The molecule has 1 heterocycles. The van der Waals surface area contributed by atoms with Crippen LogP contribution >= 0.6 is 0 Å². The Balaban J connectivity index is 2.09. The third kappa shape index (κ3) is 2.83. The van der Waals surface area contributed by atoms with Gasteiger partial charge in [-0.1, -0.05) is 6.07 Å². The van der Waals surface area contributed by atoms with E-state index in [1.54, 1.807) is 4.90 Å². The Kier molecular flexibility index (Phi) is 4.09. The van der Waals surface area contributed by atoms with Gasteiger partial charge >= 0.3 is 12.0 Å². The third-order valence-corrected chi connectivity index (χ3v) is 3.41. The number of carboxylic acid groups (broad SMARTS) is 1. The largest absolute Gasteiger partial charge is 0.505 e. The second-order valence-corrected chi connectivity index (χ2v) is 4.77. The third-order valence-electron chi connectivity index (χ3n) is 3.41. The average Bonchev–Trinajstić information content (AvgIpc) is 2.89. The molecule has 0 spiro atoms. The van der Waals surface area contributed by atoms with E-state index in [9.17, 15) is 14.7 Å².